The number of esters is 1. The molecule has 0 saturated heterocycles. The van der Waals surface area contributed by atoms with Gasteiger partial charge in [-0.1, -0.05) is 51.8 Å². The second-order valence-corrected chi connectivity index (χ2v) is 8.10. The maximum Gasteiger partial charge on any atom is 0.307 e. The number of benzene rings is 2. The van der Waals surface area contributed by atoms with Gasteiger partial charge in [-0.25, -0.2) is 8.42 Å². The first-order valence-corrected chi connectivity index (χ1v) is 9.51. The first-order valence-electron chi connectivity index (χ1n) is 7.07. The smallest absolute Gasteiger partial charge is 0.307 e. The zero-order valence-corrected chi connectivity index (χ0v) is 15.1. The van der Waals surface area contributed by atoms with Gasteiger partial charge in [0.05, 0.1) is 17.1 Å². The molecule has 0 unspecified atom stereocenters. The molecule has 0 radical (unpaired) electrons. The number of rotatable bonds is 6. The van der Waals surface area contributed by atoms with Gasteiger partial charge >= 0.3 is 5.97 Å². The standard InChI is InChI=1S/C17H17BrO4S/c1-13-6-8-15(9-7-13)23(20,21)11-10-17(19)22-12-14-4-2-3-5-16(14)18/h2-9H,10-12H2,1H3. The Kier molecular flexibility index (Phi) is 5.96. The summed E-state index contributed by atoms with van der Waals surface area (Å²) in [4.78, 5) is 12.0. The van der Waals surface area contributed by atoms with Crippen molar-refractivity contribution in [2.45, 2.75) is 24.8 Å². The molecule has 0 aliphatic heterocycles. The molecule has 0 aliphatic carbocycles. The Morgan fingerprint density at radius 2 is 1.74 bits per heavy atom. The molecule has 2 aromatic rings. The fourth-order valence-electron chi connectivity index (χ4n) is 1.93. The van der Waals surface area contributed by atoms with Crippen LogP contribution in [0.1, 0.15) is 17.5 Å². The molecule has 0 spiro atoms. The molecule has 2 aromatic carbocycles. The second-order valence-electron chi connectivity index (χ2n) is 5.13. The molecule has 0 heterocycles. The number of carbonyl (C=O) groups excluding carboxylic acids is 1. The molecule has 0 bridgehead atoms. The van der Waals surface area contributed by atoms with Crippen LogP contribution in [0.2, 0.25) is 0 Å². The van der Waals surface area contributed by atoms with Gasteiger partial charge in [-0.3, -0.25) is 4.79 Å². The molecule has 0 atom stereocenters. The molecule has 0 amide bonds. The third kappa shape index (κ3) is 5.18. The minimum atomic E-state index is -3.47. The minimum absolute atomic E-state index is 0.116. The Balaban J connectivity index is 1.89. The maximum absolute atomic E-state index is 12.2. The maximum atomic E-state index is 12.2. The lowest BCUT2D eigenvalue weighted by Gasteiger charge is -2.07. The summed E-state index contributed by atoms with van der Waals surface area (Å²) in [5, 5.41) is 0. The van der Waals surface area contributed by atoms with Crippen LogP contribution >= 0.6 is 15.9 Å². The zero-order chi connectivity index (χ0) is 16.9. The quantitative estimate of drug-likeness (QED) is 0.698. The zero-order valence-electron chi connectivity index (χ0n) is 12.7. The summed E-state index contributed by atoms with van der Waals surface area (Å²) in [5.41, 5.74) is 1.82. The number of hydrogen-bond acceptors (Lipinski definition) is 4. The predicted molar refractivity (Wildman–Crippen MR) is 91.8 cm³/mol. The highest BCUT2D eigenvalue weighted by atomic mass is 79.9. The monoisotopic (exact) mass is 396 g/mol. The van der Waals surface area contributed by atoms with Crippen LogP contribution in [-0.2, 0) is 26.0 Å². The number of carbonyl (C=O) groups is 1. The van der Waals surface area contributed by atoms with Crippen LogP contribution in [0.4, 0.5) is 0 Å². The average molecular weight is 397 g/mol. The summed E-state index contributed by atoms with van der Waals surface area (Å²) in [7, 11) is -3.47. The number of halogens is 1. The van der Waals surface area contributed by atoms with E-state index < -0.39 is 15.8 Å². The van der Waals surface area contributed by atoms with Crippen LogP contribution in [0.3, 0.4) is 0 Å². The van der Waals surface area contributed by atoms with E-state index in [0.717, 1.165) is 15.6 Å². The van der Waals surface area contributed by atoms with Gasteiger partial charge in [0, 0.05) is 10.0 Å². The van der Waals surface area contributed by atoms with Crippen molar-refractivity contribution >= 4 is 31.7 Å². The molecule has 2 rings (SSSR count). The van der Waals surface area contributed by atoms with E-state index in [9.17, 15) is 13.2 Å². The lowest BCUT2D eigenvalue weighted by molar-refractivity contribution is -0.144. The number of ether oxygens (including phenoxy) is 1. The Hall–Kier alpha value is -1.66. The summed E-state index contributed by atoms with van der Waals surface area (Å²) in [6.07, 6.45) is -0.166. The second kappa shape index (κ2) is 7.75. The fourth-order valence-corrected chi connectivity index (χ4v) is 3.55. The van der Waals surface area contributed by atoms with Crippen molar-refractivity contribution in [2.24, 2.45) is 0 Å². The Morgan fingerprint density at radius 3 is 2.39 bits per heavy atom. The molecule has 122 valence electrons. The summed E-state index contributed by atoms with van der Waals surface area (Å²) < 4.78 is 30.3. The van der Waals surface area contributed by atoms with Crippen LogP contribution in [0.5, 0.6) is 0 Å². The van der Waals surface area contributed by atoms with Crippen LogP contribution in [0.15, 0.2) is 57.9 Å². The number of hydrogen-bond donors (Lipinski definition) is 0. The molecule has 0 N–H and O–H groups in total. The van der Waals surface area contributed by atoms with E-state index in [1.165, 1.54) is 0 Å². The third-order valence-electron chi connectivity index (χ3n) is 3.30. The summed E-state index contributed by atoms with van der Waals surface area (Å²) in [5.74, 6) is -0.790. The van der Waals surface area contributed by atoms with Gasteiger partial charge in [-0.05, 0) is 25.1 Å². The van der Waals surface area contributed by atoms with Crippen molar-refractivity contribution in [1.29, 1.82) is 0 Å². The first kappa shape index (κ1) is 17.7. The van der Waals surface area contributed by atoms with Gasteiger partial charge in [0.25, 0.3) is 0 Å². The fraction of sp³-hybridized carbons (Fsp3) is 0.235. The minimum Gasteiger partial charge on any atom is -0.461 e. The molecular formula is C17H17BrO4S. The highest BCUT2D eigenvalue weighted by Gasteiger charge is 2.17. The Bertz CT molecular complexity index is 782. The van der Waals surface area contributed by atoms with Crippen molar-refractivity contribution in [3.8, 4) is 0 Å². The van der Waals surface area contributed by atoms with Gasteiger partial charge < -0.3 is 4.74 Å². The van der Waals surface area contributed by atoms with Crippen molar-refractivity contribution in [3.63, 3.8) is 0 Å². The van der Waals surface area contributed by atoms with E-state index in [1.54, 1.807) is 24.3 Å². The lowest BCUT2D eigenvalue weighted by atomic mass is 10.2. The van der Waals surface area contributed by atoms with Crippen molar-refractivity contribution in [3.05, 3.63) is 64.1 Å². The normalized spacial score (nSPS) is 11.2. The molecule has 0 aliphatic rings. The van der Waals surface area contributed by atoms with Gasteiger partial charge in [-0.15, -0.1) is 0 Å². The molecule has 0 fully saturated rings. The van der Waals surface area contributed by atoms with Crippen LogP contribution < -0.4 is 0 Å². The number of aryl methyl sites for hydroxylation is 1. The summed E-state index contributed by atoms with van der Waals surface area (Å²) in [6.45, 7) is 2.00. The van der Waals surface area contributed by atoms with E-state index >= 15 is 0 Å². The Morgan fingerprint density at radius 1 is 1.09 bits per heavy atom. The van der Waals surface area contributed by atoms with E-state index in [0.29, 0.717) is 0 Å². The molecule has 23 heavy (non-hydrogen) atoms. The average Bonchev–Trinajstić information content (AvgIpc) is 2.53. The third-order valence-corrected chi connectivity index (χ3v) is 5.81. The molecule has 4 nitrogen and oxygen atoms in total. The Labute approximate surface area is 144 Å². The van der Waals surface area contributed by atoms with Crippen LogP contribution in [0, 0.1) is 6.92 Å². The van der Waals surface area contributed by atoms with Gasteiger partial charge in [0.1, 0.15) is 6.61 Å². The molecule has 0 aromatic heterocycles. The largest absolute Gasteiger partial charge is 0.461 e. The first-order chi connectivity index (χ1) is 10.9. The highest BCUT2D eigenvalue weighted by Crippen LogP contribution is 2.17. The molecular weight excluding hydrogens is 380 g/mol. The van der Waals surface area contributed by atoms with E-state index in [2.05, 4.69) is 15.9 Å². The van der Waals surface area contributed by atoms with Gasteiger partial charge in [-0.2, -0.15) is 0 Å². The topological polar surface area (TPSA) is 60.4 Å². The van der Waals surface area contributed by atoms with E-state index in [1.807, 2.05) is 31.2 Å². The van der Waals surface area contributed by atoms with Gasteiger partial charge in [0.15, 0.2) is 9.84 Å². The van der Waals surface area contributed by atoms with Crippen molar-refractivity contribution in [1.82, 2.24) is 0 Å². The molecule has 0 saturated carbocycles. The van der Waals surface area contributed by atoms with Crippen LogP contribution in [0.25, 0.3) is 0 Å². The van der Waals surface area contributed by atoms with Crippen molar-refractivity contribution in [2.75, 3.05) is 5.75 Å². The highest BCUT2D eigenvalue weighted by molar-refractivity contribution is 9.10. The number of sulfone groups is 1. The van der Waals surface area contributed by atoms with Crippen LogP contribution in [-0.4, -0.2) is 20.1 Å². The molecule has 6 heteroatoms. The summed E-state index contributed by atoms with van der Waals surface area (Å²) >= 11 is 3.37. The predicted octanol–water partition coefficient (Wildman–Crippen LogP) is 3.66. The summed E-state index contributed by atoms with van der Waals surface area (Å²) in [6, 6.07) is 14.0. The van der Waals surface area contributed by atoms with E-state index in [4.69, 9.17) is 4.74 Å². The lowest BCUT2D eigenvalue weighted by Crippen LogP contribution is -2.13. The van der Waals surface area contributed by atoms with E-state index in [-0.39, 0.29) is 23.7 Å². The van der Waals surface area contributed by atoms with Crippen molar-refractivity contribution < 1.29 is 17.9 Å². The van der Waals surface area contributed by atoms with Gasteiger partial charge in [0.2, 0.25) is 0 Å². The SMILES string of the molecule is Cc1ccc(S(=O)(=O)CCC(=O)OCc2ccccc2Br)cc1.